The van der Waals surface area contributed by atoms with Crippen LogP contribution in [0.1, 0.15) is 44.2 Å². The van der Waals surface area contributed by atoms with Crippen LogP contribution < -0.4 is 0 Å². The molecule has 1 aromatic rings. The Morgan fingerprint density at radius 2 is 2.13 bits per heavy atom. The van der Waals surface area contributed by atoms with Crippen LogP contribution in [0.3, 0.4) is 0 Å². The van der Waals surface area contributed by atoms with Gasteiger partial charge >= 0.3 is 0 Å². The molecule has 0 saturated heterocycles. The molecule has 0 aliphatic heterocycles. The van der Waals surface area contributed by atoms with Gasteiger partial charge in [0.1, 0.15) is 0 Å². The minimum atomic E-state index is 0.439. The molecule has 2 nitrogen and oxygen atoms in total. The number of hydrogen-bond donors (Lipinski definition) is 1. The zero-order chi connectivity index (χ0) is 11.3. The largest absolute Gasteiger partial charge is 0.241 e. The molecule has 1 rings (SSSR count). The minimum Gasteiger partial charge on any atom is -0.241 e. The van der Waals surface area contributed by atoms with Crippen LogP contribution in [0.25, 0.3) is 0 Å². The third-order valence-corrected chi connectivity index (χ3v) is 2.46. The molecule has 2 heteroatoms. The van der Waals surface area contributed by atoms with Gasteiger partial charge in [-0.25, -0.2) is 5.41 Å². The van der Waals surface area contributed by atoms with Gasteiger partial charge in [0.15, 0.2) is 0 Å². The second kappa shape index (κ2) is 5.47. The van der Waals surface area contributed by atoms with Crippen molar-refractivity contribution in [2.24, 2.45) is 4.99 Å². The lowest BCUT2D eigenvalue weighted by Crippen LogP contribution is -1.93. The first-order chi connectivity index (χ1) is 7.20. The summed E-state index contributed by atoms with van der Waals surface area (Å²) in [6.07, 6.45) is 2.11. The highest BCUT2D eigenvalue weighted by Gasteiger charge is 2.09. The Morgan fingerprint density at radius 3 is 2.67 bits per heavy atom. The van der Waals surface area contributed by atoms with E-state index in [1.165, 1.54) is 11.1 Å². The lowest BCUT2D eigenvalue weighted by atomic mass is 9.96. The van der Waals surface area contributed by atoms with Crippen molar-refractivity contribution < 1.29 is 0 Å². The Labute approximate surface area is 91.6 Å². The fraction of sp³-hybridized carbons (Fsp3) is 0.462. The van der Waals surface area contributed by atoms with Crippen molar-refractivity contribution in [2.75, 3.05) is 0 Å². The molecule has 0 spiro atoms. The van der Waals surface area contributed by atoms with E-state index < -0.39 is 0 Å². The summed E-state index contributed by atoms with van der Waals surface area (Å²) in [4.78, 5) is 4.06. The third kappa shape index (κ3) is 2.77. The van der Waals surface area contributed by atoms with E-state index in [2.05, 4.69) is 50.0 Å². The molecular formula is C13H18N2. The molecule has 0 aromatic heterocycles. The van der Waals surface area contributed by atoms with Crippen LogP contribution in [0.15, 0.2) is 23.2 Å². The van der Waals surface area contributed by atoms with Crippen LogP contribution in [0.5, 0.6) is 0 Å². The smallest absolute Gasteiger partial charge is 0.0918 e. The Balaban J connectivity index is 3.27. The zero-order valence-electron chi connectivity index (χ0n) is 9.67. The number of nitrogens with zero attached hydrogens (tertiary/aromatic N) is 1. The summed E-state index contributed by atoms with van der Waals surface area (Å²) in [7, 11) is 0. The van der Waals surface area contributed by atoms with Crippen LogP contribution >= 0.6 is 0 Å². The Kier molecular flexibility index (Phi) is 4.26. The number of aryl methyl sites for hydroxylation is 1. The highest BCUT2D eigenvalue weighted by Crippen LogP contribution is 2.30. The van der Waals surface area contributed by atoms with Crippen LogP contribution in [0, 0.1) is 5.41 Å². The number of hydrogen-bond acceptors (Lipinski definition) is 2. The zero-order valence-corrected chi connectivity index (χ0v) is 9.67. The number of benzene rings is 1. The molecule has 80 valence electrons. The van der Waals surface area contributed by atoms with Crippen molar-refractivity contribution in [3.63, 3.8) is 0 Å². The molecule has 1 aromatic carbocycles. The van der Waals surface area contributed by atoms with Gasteiger partial charge in [-0.1, -0.05) is 45.4 Å². The predicted molar refractivity (Wildman–Crippen MR) is 64.3 cm³/mol. The molecule has 15 heavy (non-hydrogen) atoms. The van der Waals surface area contributed by atoms with Gasteiger partial charge in [-0.2, -0.15) is 4.99 Å². The van der Waals surface area contributed by atoms with Crippen LogP contribution in [0.2, 0.25) is 0 Å². The van der Waals surface area contributed by atoms with Crippen molar-refractivity contribution in [1.29, 1.82) is 5.41 Å². The molecule has 0 aliphatic rings. The average molecular weight is 202 g/mol. The van der Waals surface area contributed by atoms with Gasteiger partial charge in [0, 0.05) is 0 Å². The molecule has 0 amide bonds. The van der Waals surface area contributed by atoms with E-state index in [9.17, 15) is 0 Å². The van der Waals surface area contributed by atoms with Crippen molar-refractivity contribution >= 4 is 11.7 Å². The molecule has 1 N–H and O–H groups in total. The van der Waals surface area contributed by atoms with Gasteiger partial charge in [-0.05, 0) is 23.5 Å². The first-order valence-corrected chi connectivity index (χ1v) is 5.45. The van der Waals surface area contributed by atoms with E-state index in [-0.39, 0.29) is 0 Å². The summed E-state index contributed by atoms with van der Waals surface area (Å²) in [5.41, 5.74) is 3.38. The lowest BCUT2D eigenvalue weighted by molar-refractivity contribution is 0.855. The van der Waals surface area contributed by atoms with Gasteiger partial charge in [-0.15, -0.1) is 0 Å². The Morgan fingerprint density at radius 1 is 1.40 bits per heavy atom. The van der Waals surface area contributed by atoms with E-state index >= 15 is 0 Å². The number of para-hydroxylation sites is 1. The second-order valence-corrected chi connectivity index (χ2v) is 3.98. The van der Waals surface area contributed by atoms with Crippen molar-refractivity contribution in [3.05, 3.63) is 29.3 Å². The van der Waals surface area contributed by atoms with Gasteiger partial charge in [-0.3, -0.25) is 0 Å². The summed E-state index contributed by atoms with van der Waals surface area (Å²) >= 11 is 0. The SMILES string of the molecule is CCCc1cccc(C(C)C)c1N=C=N. The van der Waals surface area contributed by atoms with E-state index in [0.717, 1.165) is 18.5 Å². The molecule has 0 saturated carbocycles. The van der Waals surface area contributed by atoms with Gasteiger partial charge in [0.2, 0.25) is 0 Å². The molecule has 0 heterocycles. The highest BCUT2D eigenvalue weighted by atomic mass is 14.7. The number of rotatable bonds is 4. The first kappa shape index (κ1) is 11.7. The molecular weight excluding hydrogens is 184 g/mol. The Bertz CT molecular complexity index is 374. The first-order valence-electron chi connectivity index (χ1n) is 5.45. The molecule has 0 radical (unpaired) electrons. The topological polar surface area (TPSA) is 36.2 Å². The van der Waals surface area contributed by atoms with Gasteiger partial charge < -0.3 is 0 Å². The minimum absolute atomic E-state index is 0.439. The maximum atomic E-state index is 6.99. The molecule has 0 fully saturated rings. The van der Waals surface area contributed by atoms with Crippen LogP contribution in [0.4, 0.5) is 5.69 Å². The summed E-state index contributed by atoms with van der Waals surface area (Å²) in [6.45, 7) is 6.45. The molecule has 0 bridgehead atoms. The summed E-state index contributed by atoms with van der Waals surface area (Å²) in [6, 6.07) is 8.40. The Hall–Kier alpha value is -1.40. The standard InChI is InChI=1S/C13H18N2/c1-4-6-11-7-5-8-12(10(2)3)13(11)15-9-14/h5,7-8,10,14H,4,6H2,1-3H3. The van der Waals surface area contributed by atoms with Gasteiger partial charge in [0.05, 0.1) is 11.7 Å². The van der Waals surface area contributed by atoms with Gasteiger partial charge in [0.25, 0.3) is 0 Å². The van der Waals surface area contributed by atoms with Crippen molar-refractivity contribution in [1.82, 2.24) is 0 Å². The number of nitrogens with one attached hydrogen (secondary N) is 1. The fourth-order valence-corrected chi connectivity index (χ4v) is 1.74. The average Bonchev–Trinajstić information content (AvgIpc) is 2.21. The second-order valence-electron chi connectivity index (χ2n) is 3.98. The van der Waals surface area contributed by atoms with Crippen LogP contribution in [-0.2, 0) is 6.42 Å². The monoisotopic (exact) mass is 202 g/mol. The quantitative estimate of drug-likeness (QED) is 0.712. The molecule has 0 unspecified atom stereocenters. The van der Waals surface area contributed by atoms with E-state index in [1.54, 1.807) is 0 Å². The molecule has 0 atom stereocenters. The summed E-state index contributed by atoms with van der Waals surface area (Å²) in [5.74, 6) is 0.439. The van der Waals surface area contributed by atoms with E-state index in [4.69, 9.17) is 5.41 Å². The molecule has 0 aliphatic carbocycles. The normalized spacial score (nSPS) is 10.1. The van der Waals surface area contributed by atoms with Crippen LogP contribution in [-0.4, -0.2) is 6.01 Å². The maximum absolute atomic E-state index is 6.99. The fourth-order valence-electron chi connectivity index (χ4n) is 1.74. The summed E-state index contributed by atoms with van der Waals surface area (Å²) < 4.78 is 0. The maximum Gasteiger partial charge on any atom is 0.0918 e. The summed E-state index contributed by atoms with van der Waals surface area (Å²) in [5, 5.41) is 6.99. The highest BCUT2D eigenvalue weighted by molar-refractivity contribution is 5.60. The van der Waals surface area contributed by atoms with Crippen molar-refractivity contribution in [3.8, 4) is 0 Å². The predicted octanol–water partition coefficient (Wildman–Crippen LogP) is 4.15. The van der Waals surface area contributed by atoms with E-state index in [0.29, 0.717) is 5.92 Å². The third-order valence-electron chi connectivity index (χ3n) is 2.46. The number of aliphatic imine (C=N–C) groups is 1. The van der Waals surface area contributed by atoms with E-state index in [1.807, 2.05) is 0 Å². The van der Waals surface area contributed by atoms with Crippen molar-refractivity contribution in [2.45, 2.75) is 39.5 Å². The lowest BCUT2D eigenvalue weighted by Gasteiger charge is -2.12.